The molecule has 0 spiro atoms. The smallest absolute Gasteiger partial charge is 0.383 e. The summed E-state index contributed by atoms with van der Waals surface area (Å²) in [4.78, 5) is 8.09. The maximum Gasteiger partial charge on any atom is 0.411 e. The number of hydrogen-bond acceptors (Lipinski definition) is 4. The SMILES string of the molecule is Nc1nc(COCC(F)(F)F)nc2c1CCC2. The number of alkyl halides is 3. The highest BCUT2D eigenvalue weighted by atomic mass is 19.4. The number of nitrogen functional groups attached to an aromatic ring is 1. The second-order valence-electron chi connectivity index (χ2n) is 3.91. The predicted molar refractivity (Wildman–Crippen MR) is 54.2 cm³/mol. The summed E-state index contributed by atoms with van der Waals surface area (Å²) >= 11 is 0. The van der Waals surface area contributed by atoms with Gasteiger partial charge in [-0.1, -0.05) is 0 Å². The van der Waals surface area contributed by atoms with Crippen LogP contribution in [-0.4, -0.2) is 22.8 Å². The van der Waals surface area contributed by atoms with E-state index in [2.05, 4.69) is 14.7 Å². The van der Waals surface area contributed by atoms with Gasteiger partial charge in [-0.2, -0.15) is 13.2 Å². The zero-order valence-electron chi connectivity index (χ0n) is 9.05. The number of rotatable bonds is 3. The first-order chi connectivity index (χ1) is 7.96. The zero-order chi connectivity index (χ0) is 12.5. The Hall–Kier alpha value is -1.37. The van der Waals surface area contributed by atoms with Crippen molar-refractivity contribution in [3.63, 3.8) is 0 Å². The molecule has 0 aliphatic heterocycles. The van der Waals surface area contributed by atoms with Crippen molar-refractivity contribution in [1.29, 1.82) is 0 Å². The van der Waals surface area contributed by atoms with Crippen LogP contribution in [0.2, 0.25) is 0 Å². The average Bonchev–Trinajstić information content (AvgIpc) is 2.64. The van der Waals surface area contributed by atoms with E-state index in [0.717, 1.165) is 30.5 Å². The summed E-state index contributed by atoms with van der Waals surface area (Å²) in [6, 6.07) is 0. The van der Waals surface area contributed by atoms with Gasteiger partial charge < -0.3 is 10.5 Å². The molecule has 0 unspecified atom stereocenters. The zero-order valence-corrected chi connectivity index (χ0v) is 9.05. The summed E-state index contributed by atoms with van der Waals surface area (Å²) in [5.74, 6) is 0.575. The molecule has 0 bridgehead atoms. The van der Waals surface area contributed by atoms with E-state index in [-0.39, 0.29) is 12.4 Å². The first kappa shape index (κ1) is 12.1. The normalized spacial score (nSPS) is 15.0. The summed E-state index contributed by atoms with van der Waals surface area (Å²) in [6.45, 7) is -1.57. The highest BCUT2D eigenvalue weighted by Crippen LogP contribution is 2.24. The first-order valence-electron chi connectivity index (χ1n) is 5.24. The van der Waals surface area contributed by atoms with Gasteiger partial charge in [0, 0.05) is 11.3 Å². The third-order valence-corrected chi connectivity index (χ3v) is 2.51. The fraction of sp³-hybridized carbons (Fsp3) is 0.600. The maximum atomic E-state index is 11.9. The highest BCUT2D eigenvalue weighted by molar-refractivity contribution is 5.44. The van der Waals surface area contributed by atoms with Crippen molar-refractivity contribution in [2.24, 2.45) is 0 Å². The second-order valence-corrected chi connectivity index (χ2v) is 3.91. The number of ether oxygens (including phenoxy) is 1. The van der Waals surface area contributed by atoms with Crippen LogP contribution in [0.5, 0.6) is 0 Å². The van der Waals surface area contributed by atoms with Crippen LogP contribution in [0.25, 0.3) is 0 Å². The average molecular weight is 247 g/mol. The van der Waals surface area contributed by atoms with Crippen LogP contribution in [0.3, 0.4) is 0 Å². The molecule has 1 aliphatic carbocycles. The number of fused-ring (bicyclic) bond motifs is 1. The summed E-state index contributed by atoms with van der Waals surface area (Å²) in [6.07, 6.45) is -1.73. The Morgan fingerprint density at radius 2 is 2.00 bits per heavy atom. The molecular formula is C10H12F3N3O. The molecule has 0 saturated carbocycles. The highest BCUT2D eigenvalue weighted by Gasteiger charge is 2.27. The molecule has 0 atom stereocenters. The minimum Gasteiger partial charge on any atom is -0.383 e. The fourth-order valence-corrected chi connectivity index (χ4v) is 1.84. The van der Waals surface area contributed by atoms with Crippen molar-refractivity contribution in [3.8, 4) is 0 Å². The molecule has 1 aliphatic rings. The van der Waals surface area contributed by atoms with Crippen LogP contribution in [0.15, 0.2) is 0 Å². The minimum atomic E-state index is -4.33. The van der Waals surface area contributed by atoms with Gasteiger partial charge in [-0.05, 0) is 19.3 Å². The Kier molecular flexibility index (Phi) is 3.19. The molecule has 7 heteroatoms. The van der Waals surface area contributed by atoms with Gasteiger partial charge in [0.2, 0.25) is 0 Å². The van der Waals surface area contributed by atoms with Gasteiger partial charge in [-0.15, -0.1) is 0 Å². The van der Waals surface area contributed by atoms with Crippen molar-refractivity contribution >= 4 is 5.82 Å². The van der Waals surface area contributed by atoms with E-state index in [1.54, 1.807) is 0 Å². The lowest BCUT2D eigenvalue weighted by Gasteiger charge is -2.09. The fourth-order valence-electron chi connectivity index (χ4n) is 1.84. The Morgan fingerprint density at radius 1 is 1.24 bits per heavy atom. The van der Waals surface area contributed by atoms with Crippen LogP contribution in [0, 0.1) is 0 Å². The molecular weight excluding hydrogens is 235 g/mol. The summed E-state index contributed by atoms with van der Waals surface area (Å²) in [5.41, 5.74) is 7.46. The number of nitrogens with two attached hydrogens (primary N) is 1. The third kappa shape index (κ3) is 3.06. The van der Waals surface area contributed by atoms with Crippen molar-refractivity contribution in [1.82, 2.24) is 9.97 Å². The van der Waals surface area contributed by atoms with Crippen LogP contribution in [-0.2, 0) is 24.2 Å². The largest absolute Gasteiger partial charge is 0.411 e. The van der Waals surface area contributed by atoms with E-state index >= 15 is 0 Å². The molecule has 17 heavy (non-hydrogen) atoms. The van der Waals surface area contributed by atoms with Gasteiger partial charge >= 0.3 is 6.18 Å². The minimum absolute atomic E-state index is 0.215. The van der Waals surface area contributed by atoms with Gasteiger partial charge in [0.25, 0.3) is 0 Å². The standard InChI is InChI=1S/C10H12F3N3O/c11-10(12,13)5-17-4-8-15-7-3-1-2-6(7)9(14)16-8/h1-5H2,(H2,14,15,16). The number of halogens is 3. The molecule has 1 heterocycles. The molecule has 0 radical (unpaired) electrons. The molecule has 1 aromatic rings. The first-order valence-corrected chi connectivity index (χ1v) is 5.24. The molecule has 2 rings (SSSR count). The van der Waals surface area contributed by atoms with E-state index in [1.165, 1.54) is 0 Å². The van der Waals surface area contributed by atoms with Gasteiger partial charge in [-0.3, -0.25) is 0 Å². The topological polar surface area (TPSA) is 61.0 Å². The Labute approximate surface area is 96.0 Å². The number of anilines is 1. The number of aromatic nitrogens is 2. The predicted octanol–water partition coefficient (Wildman–Crippen LogP) is 1.63. The summed E-state index contributed by atoms with van der Waals surface area (Å²) in [5, 5.41) is 0. The van der Waals surface area contributed by atoms with Crippen molar-refractivity contribution in [2.45, 2.75) is 32.0 Å². The van der Waals surface area contributed by atoms with Crippen molar-refractivity contribution in [3.05, 3.63) is 17.1 Å². The molecule has 2 N–H and O–H groups in total. The maximum absolute atomic E-state index is 11.9. The monoisotopic (exact) mass is 247 g/mol. The molecule has 1 aromatic heterocycles. The Balaban J connectivity index is 2.00. The van der Waals surface area contributed by atoms with Gasteiger partial charge in [-0.25, -0.2) is 9.97 Å². The van der Waals surface area contributed by atoms with Gasteiger partial charge in [0.1, 0.15) is 19.0 Å². The lowest BCUT2D eigenvalue weighted by atomic mass is 10.2. The molecule has 4 nitrogen and oxygen atoms in total. The van der Waals surface area contributed by atoms with Gasteiger partial charge in [0.05, 0.1) is 0 Å². The lowest BCUT2D eigenvalue weighted by Crippen LogP contribution is -2.17. The molecule has 94 valence electrons. The van der Waals surface area contributed by atoms with E-state index in [0.29, 0.717) is 5.82 Å². The molecule has 0 amide bonds. The second kappa shape index (κ2) is 4.48. The van der Waals surface area contributed by atoms with Crippen LogP contribution >= 0.6 is 0 Å². The number of hydrogen-bond donors (Lipinski definition) is 1. The third-order valence-electron chi connectivity index (χ3n) is 2.51. The number of aryl methyl sites for hydroxylation is 1. The van der Waals surface area contributed by atoms with Gasteiger partial charge in [0.15, 0.2) is 5.82 Å². The summed E-state index contributed by atoms with van der Waals surface area (Å²) in [7, 11) is 0. The lowest BCUT2D eigenvalue weighted by molar-refractivity contribution is -0.177. The van der Waals surface area contributed by atoms with E-state index in [1.807, 2.05) is 0 Å². The van der Waals surface area contributed by atoms with E-state index < -0.39 is 12.8 Å². The van der Waals surface area contributed by atoms with Crippen LogP contribution < -0.4 is 5.73 Å². The van der Waals surface area contributed by atoms with Crippen molar-refractivity contribution in [2.75, 3.05) is 12.3 Å². The molecule has 0 saturated heterocycles. The van der Waals surface area contributed by atoms with Crippen LogP contribution in [0.1, 0.15) is 23.5 Å². The van der Waals surface area contributed by atoms with Crippen LogP contribution in [0.4, 0.5) is 19.0 Å². The van der Waals surface area contributed by atoms with Crippen molar-refractivity contribution < 1.29 is 17.9 Å². The Morgan fingerprint density at radius 3 is 2.71 bits per heavy atom. The van der Waals surface area contributed by atoms with E-state index in [4.69, 9.17) is 5.73 Å². The van der Waals surface area contributed by atoms with E-state index in [9.17, 15) is 13.2 Å². The molecule has 0 aromatic carbocycles. The summed E-state index contributed by atoms with van der Waals surface area (Å²) < 4.78 is 40.1. The molecule has 0 fully saturated rings. The Bertz CT molecular complexity index is 420. The quantitative estimate of drug-likeness (QED) is 0.881. The number of nitrogens with zero attached hydrogens (tertiary/aromatic N) is 2.